The van der Waals surface area contributed by atoms with Gasteiger partial charge in [0.05, 0.1) is 0 Å². The van der Waals surface area contributed by atoms with Crippen molar-refractivity contribution in [3.63, 3.8) is 0 Å². The van der Waals surface area contributed by atoms with E-state index in [1.54, 1.807) is 4.90 Å². The molecule has 0 bridgehead atoms. The Hall–Kier alpha value is -1.63. The Balaban J connectivity index is 2.27. The van der Waals surface area contributed by atoms with Gasteiger partial charge < -0.3 is 14.7 Å². The summed E-state index contributed by atoms with van der Waals surface area (Å²) < 4.78 is 4.58. The lowest BCUT2D eigenvalue weighted by Crippen LogP contribution is -2.43. The number of carbonyl (C=O) groups is 3. The molecule has 102 valence electrons. The van der Waals surface area contributed by atoms with Crippen molar-refractivity contribution in [1.29, 1.82) is 0 Å². The highest BCUT2D eigenvalue weighted by molar-refractivity contribution is 5.95. The van der Waals surface area contributed by atoms with E-state index in [0.29, 0.717) is 24.9 Å². The van der Waals surface area contributed by atoms with Crippen molar-refractivity contribution in [1.82, 2.24) is 10.2 Å². The number of urea groups is 1. The van der Waals surface area contributed by atoms with Gasteiger partial charge >= 0.3 is 12.0 Å². The quantitative estimate of drug-likeness (QED) is 0.734. The van der Waals surface area contributed by atoms with Crippen LogP contribution >= 0.6 is 0 Å². The van der Waals surface area contributed by atoms with Gasteiger partial charge in [0.25, 0.3) is 5.91 Å². The third kappa shape index (κ3) is 4.33. The molecule has 1 aliphatic rings. The zero-order valence-electron chi connectivity index (χ0n) is 10.5. The van der Waals surface area contributed by atoms with Crippen LogP contribution in [0, 0.1) is 11.8 Å². The fourth-order valence-electron chi connectivity index (χ4n) is 1.76. The van der Waals surface area contributed by atoms with Crippen LogP contribution in [0.3, 0.4) is 0 Å². The number of carboxylic acid groups (broad SMARTS) is 1. The Bertz CT molecular complexity index is 334. The molecule has 0 spiro atoms. The second kappa shape index (κ2) is 6.34. The zero-order chi connectivity index (χ0) is 13.7. The highest BCUT2D eigenvalue weighted by Crippen LogP contribution is 2.21. The average molecular weight is 258 g/mol. The molecule has 7 nitrogen and oxygen atoms in total. The summed E-state index contributed by atoms with van der Waals surface area (Å²) in [6.07, 6.45) is 0. The molecule has 0 aliphatic carbocycles. The SMILES string of the molecule is CC1CN(C(=O)NC(=O)COCC(=O)O)CC1C. The van der Waals surface area contributed by atoms with E-state index in [1.165, 1.54) is 0 Å². The number of hydrogen-bond acceptors (Lipinski definition) is 4. The van der Waals surface area contributed by atoms with Gasteiger partial charge in [0, 0.05) is 13.1 Å². The number of nitrogens with one attached hydrogen (secondary N) is 1. The molecule has 0 aromatic carbocycles. The minimum atomic E-state index is -1.16. The summed E-state index contributed by atoms with van der Waals surface area (Å²) in [7, 11) is 0. The molecule has 2 N–H and O–H groups in total. The second-order valence-electron chi connectivity index (χ2n) is 4.60. The van der Waals surface area contributed by atoms with Crippen molar-refractivity contribution in [2.45, 2.75) is 13.8 Å². The normalized spacial score (nSPS) is 22.9. The van der Waals surface area contributed by atoms with Crippen LogP contribution in [0.15, 0.2) is 0 Å². The summed E-state index contributed by atoms with van der Waals surface area (Å²) >= 11 is 0. The first-order valence-electron chi connectivity index (χ1n) is 5.78. The molecule has 0 saturated carbocycles. The fourth-order valence-corrected chi connectivity index (χ4v) is 1.76. The molecule has 1 fully saturated rings. The Labute approximate surface area is 105 Å². The minimum Gasteiger partial charge on any atom is -0.480 e. The van der Waals surface area contributed by atoms with Gasteiger partial charge in [-0.15, -0.1) is 0 Å². The van der Waals surface area contributed by atoms with Crippen molar-refractivity contribution < 1.29 is 24.2 Å². The predicted octanol–water partition coefficient (Wildman–Crippen LogP) is -0.0884. The summed E-state index contributed by atoms with van der Waals surface area (Å²) in [6.45, 7) is 4.36. The Morgan fingerprint density at radius 2 is 1.78 bits per heavy atom. The lowest BCUT2D eigenvalue weighted by molar-refractivity contribution is -0.143. The smallest absolute Gasteiger partial charge is 0.329 e. The highest BCUT2D eigenvalue weighted by Gasteiger charge is 2.29. The van der Waals surface area contributed by atoms with Gasteiger partial charge in [-0.25, -0.2) is 9.59 Å². The number of carboxylic acids is 1. The molecule has 3 amide bonds. The molecule has 2 atom stereocenters. The molecule has 0 aromatic heterocycles. The molecule has 0 aromatic rings. The predicted molar refractivity (Wildman–Crippen MR) is 61.9 cm³/mol. The van der Waals surface area contributed by atoms with Crippen LogP contribution in [0.1, 0.15) is 13.8 Å². The van der Waals surface area contributed by atoms with Gasteiger partial charge in [-0.2, -0.15) is 0 Å². The second-order valence-corrected chi connectivity index (χ2v) is 4.60. The van der Waals surface area contributed by atoms with Gasteiger partial charge in [0.15, 0.2) is 0 Å². The summed E-state index contributed by atoms with van der Waals surface area (Å²) in [6, 6.07) is -0.449. The molecule has 0 radical (unpaired) electrons. The van der Waals surface area contributed by atoms with E-state index in [-0.39, 0.29) is 0 Å². The molecule has 1 aliphatic heterocycles. The van der Waals surface area contributed by atoms with Crippen LogP contribution in [0.25, 0.3) is 0 Å². The van der Waals surface area contributed by atoms with Crippen LogP contribution in [0.5, 0.6) is 0 Å². The Morgan fingerprint density at radius 1 is 1.22 bits per heavy atom. The molecule has 2 unspecified atom stereocenters. The van der Waals surface area contributed by atoms with Crippen LogP contribution in [0.4, 0.5) is 4.79 Å². The maximum Gasteiger partial charge on any atom is 0.329 e. The van der Waals surface area contributed by atoms with Gasteiger partial charge in [-0.05, 0) is 11.8 Å². The number of carbonyl (C=O) groups excluding carboxylic acids is 2. The van der Waals surface area contributed by atoms with E-state index in [0.717, 1.165) is 0 Å². The standard InChI is InChI=1S/C11H18N2O5/c1-7-3-13(4-8(7)2)11(17)12-9(14)5-18-6-10(15)16/h7-8H,3-6H2,1-2H3,(H,15,16)(H,12,14,17). The number of amides is 3. The Morgan fingerprint density at radius 3 is 2.28 bits per heavy atom. The van der Waals surface area contributed by atoms with Gasteiger partial charge in [-0.3, -0.25) is 10.1 Å². The number of nitrogens with zero attached hydrogens (tertiary/aromatic N) is 1. The van der Waals surface area contributed by atoms with E-state index in [1.807, 2.05) is 0 Å². The first kappa shape index (κ1) is 14.4. The molecule has 18 heavy (non-hydrogen) atoms. The van der Waals surface area contributed by atoms with E-state index in [9.17, 15) is 14.4 Å². The molecular weight excluding hydrogens is 240 g/mol. The maximum atomic E-state index is 11.7. The first-order valence-corrected chi connectivity index (χ1v) is 5.78. The number of ether oxygens (including phenoxy) is 1. The average Bonchev–Trinajstić information content (AvgIpc) is 2.58. The van der Waals surface area contributed by atoms with Crippen LogP contribution in [-0.4, -0.2) is 54.2 Å². The molecule has 1 rings (SSSR count). The van der Waals surface area contributed by atoms with Crippen LogP contribution in [-0.2, 0) is 14.3 Å². The van der Waals surface area contributed by atoms with Crippen molar-refractivity contribution in [2.24, 2.45) is 11.8 Å². The number of likely N-dealkylation sites (tertiary alicyclic amines) is 1. The Kier molecular flexibility index (Phi) is 5.08. The van der Waals surface area contributed by atoms with Gasteiger partial charge in [-0.1, -0.05) is 13.8 Å². The van der Waals surface area contributed by atoms with Crippen molar-refractivity contribution in [3.05, 3.63) is 0 Å². The number of hydrogen-bond donors (Lipinski definition) is 2. The third-order valence-electron chi connectivity index (χ3n) is 2.98. The molecular formula is C11H18N2O5. The van der Waals surface area contributed by atoms with Crippen molar-refractivity contribution in [3.8, 4) is 0 Å². The van der Waals surface area contributed by atoms with E-state index in [4.69, 9.17) is 5.11 Å². The first-order chi connectivity index (χ1) is 8.40. The summed E-state index contributed by atoms with van der Waals surface area (Å²) in [4.78, 5) is 34.7. The number of aliphatic carboxylic acids is 1. The number of imide groups is 1. The van der Waals surface area contributed by atoms with E-state index >= 15 is 0 Å². The number of rotatable bonds is 4. The summed E-state index contributed by atoms with van der Waals surface area (Å²) in [5, 5.41) is 10.5. The fraction of sp³-hybridized carbons (Fsp3) is 0.727. The largest absolute Gasteiger partial charge is 0.480 e. The maximum absolute atomic E-state index is 11.7. The molecule has 7 heteroatoms. The van der Waals surface area contributed by atoms with Crippen molar-refractivity contribution >= 4 is 17.9 Å². The topological polar surface area (TPSA) is 95.9 Å². The van der Waals surface area contributed by atoms with Crippen molar-refractivity contribution in [2.75, 3.05) is 26.3 Å². The lowest BCUT2D eigenvalue weighted by Gasteiger charge is -2.16. The van der Waals surface area contributed by atoms with Gasteiger partial charge in [0.1, 0.15) is 13.2 Å². The molecule has 1 heterocycles. The molecule has 1 saturated heterocycles. The zero-order valence-corrected chi connectivity index (χ0v) is 10.5. The lowest BCUT2D eigenvalue weighted by atomic mass is 10.0. The summed E-state index contributed by atoms with van der Waals surface area (Å²) in [5.74, 6) is -0.965. The van der Waals surface area contributed by atoms with E-state index < -0.39 is 31.1 Å². The minimum absolute atomic E-state index is 0.411. The van der Waals surface area contributed by atoms with Crippen LogP contribution < -0.4 is 5.32 Å². The monoisotopic (exact) mass is 258 g/mol. The van der Waals surface area contributed by atoms with Gasteiger partial charge in [0.2, 0.25) is 0 Å². The highest BCUT2D eigenvalue weighted by atomic mass is 16.5. The van der Waals surface area contributed by atoms with Crippen LogP contribution in [0.2, 0.25) is 0 Å². The summed E-state index contributed by atoms with van der Waals surface area (Å²) in [5.41, 5.74) is 0. The van der Waals surface area contributed by atoms with E-state index in [2.05, 4.69) is 23.9 Å². The third-order valence-corrected chi connectivity index (χ3v) is 2.98.